The Labute approximate surface area is 876 Å². The van der Waals surface area contributed by atoms with E-state index in [1.54, 1.807) is 78.9 Å². The summed E-state index contributed by atoms with van der Waals surface area (Å²) in [7, 11) is 0. The Morgan fingerprint density at radius 3 is 1.06 bits per heavy atom. The quantitative estimate of drug-likeness (QED) is 0.0127. The van der Waals surface area contributed by atoms with Gasteiger partial charge in [-0.05, 0) is 71.8 Å². The number of hydrogen-bond donors (Lipinski definition) is 26. The average Bonchev–Trinajstić information content (AvgIpc) is 0.747. The molecule has 8 aliphatic rings. The number of ether oxygens (including phenoxy) is 18. The number of aliphatic hydroxyl groups excluding tert-OH is 22. The predicted octanol–water partition coefficient (Wildman–Crippen LogP) is -18.9. The second kappa shape index (κ2) is 53.4. The summed E-state index contributed by atoms with van der Waals surface area (Å²) in [6.07, 6.45) is -76.3. The van der Waals surface area contributed by atoms with Crippen molar-refractivity contribution in [3.63, 3.8) is 0 Å². The molecule has 54 heteroatoms. The topological polar surface area (TPSA) is 808 Å². The van der Waals surface area contributed by atoms with Crippen LogP contribution in [0.2, 0.25) is 0 Å². The molecule has 26 N–H and O–H groups in total. The van der Waals surface area contributed by atoms with Gasteiger partial charge in [-0.3, -0.25) is 19.2 Å². The van der Waals surface area contributed by atoms with Gasteiger partial charge in [-0.15, -0.1) is 0 Å². The van der Waals surface area contributed by atoms with E-state index in [4.69, 9.17) is 85.3 Å². The summed E-state index contributed by atoms with van der Waals surface area (Å²) in [6, 6.07) is 22.3. The number of carboxylic acids is 2. The second-order valence-corrected chi connectivity index (χ2v) is 36.3. The number of benzene rings is 5. The molecular formula is C92H124N4Na2O48. The first-order valence-corrected chi connectivity index (χ1v) is 46.6. The van der Waals surface area contributed by atoms with Crippen LogP contribution >= 0.6 is 0 Å². The number of carbonyl (C=O) groups excluding carboxylic acids is 6. The van der Waals surface area contributed by atoms with Crippen LogP contribution in [0.3, 0.4) is 0 Å². The third kappa shape index (κ3) is 27.5. The van der Waals surface area contributed by atoms with Crippen molar-refractivity contribution in [2.75, 3.05) is 66.1 Å². The van der Waals surface area contributed by atoms with Crippen LogP contribution in [0.15, 0.2) is 109 Å². The predicted molar refractivity (Wildman–Crippen MR) is 470 cm³/mol. The van der Waals surface area contributed by atoms with Crippen LogP contribution < -0.4 is 100 Å². The third-order valence-electron chi connectivity index (χ3n) is 26.2. The zero-order chi connectivity index (χ0) is 104. The van der Waals surface area contributed by atoms with E-state index in [0.29, 0.717) is 21.5 Å². The molecule has 13 rings (SSSR count). The number of fused-ring (bicyclic) bond motifs is 2. The van der Waals surface area contributed by atoms with Crippen molar-refractivity contribution in [2.24, 2.45) is 0 Å². The van der Waals surface area contributed by atoms with E-state index < -0.39 is 345 Å². The number of hydrogen-bond acceptors (Lipinski definition) is 48. The number of nitrogens with one attached hydrogen (secondary N) is 4. The van der Waals surface area contributed by atoms with E-state index in [1.165, 1.54) is 44.2 Å². The van der Waals surface area contributed by atoms with Gasteiger partial charge in [0.25, 0.3) is 11.8 Å². The number of aliphatic hydroxyl groups is 22. The molecule has 0 aromatic heterocycles. The van der Waals surface area contributed by atoms with Crippen molar-refractivity contribution in [3.05, 3.63) is 120 Å². The maximum atomic E-state index is 14.9. The number of aliphatic carboxylic acids is 2. The smallest absolute Gasteiger partial charge is 0.544 e. The summed E-state index contributed by atoms with van der Waals surface area (Å²) in [5, 5.41) is 285. The maximum Gasteiger partial charge on any atom is 1.00 e. The van der Waals surface area contributed by atoms with E-state index in [0.717, 1.165) is 13.8 Å². The van der Waals surface area contributed by atoms with Crippen LogP contribution in [0.5, 0.6) is 11.5 Å². The molecule has 0 spiro atoms. The second-order valence-electron chi connectivity index (χ2n) is 36.3. The van der Waals surface area contributed by atoms with E-state index in [2.05, 4.69) is 21.3 Å². The Balaban J connectivity index is 0.0000101. The first-order chi connectivity index (χ1) is 68.6. The maximum absolute atomic E-state index is 14.9. The monoisotopic (exact) mass is 2100 g/mol. The molecular weight excluding hydrogens is 1970 g/mol. The van der Waals surface area contributed by atoms with Gasteiger partial charge in [-0.1, -0.05) is 66.7 Å². The molecule has 0 bridgehead atoms. The molecule has 8 saturated heterocycles. The minimum Gasteiger partial charge on any atom is -0.544 e. The minimum atomic E-state index is -3.38. The fraction of sp³-hybridized carbons (Fsp3) is 0.652. The van der Waals surface area contributed by atoms with Crippen LogP contribution in [0.25, 0.3) is 21.5 Å². The minimum absolute atomic E-state index is 0. The molecule has 5 aromatic rings. The fourth-order valence-corrected chi connectivity index (χ4v) is 18.4. The zero-order valence-electron chi connectivity index (χ0n) is 79.8. The van der Waals surface area contributed by atoms with Gasteiger partial charge in [0.15, 0.2) is 37.7 Å². The summed E-state index contributed by atoms with van der Waals surface area (Å²) in [5.41, 5.74) is 0.0122. The Morgan fingerprint density at radius 2 is 0.719 bits per heavy atom. The summed E-state index contributed by atoms with van der Waals surface area (Å²) in [4.78, 5) is 81.3. The molecule has 42 atom stereocenters. The van der Waals surface area contributed by atoms with Crippen molar-refractivity contribution in [3.8, 4) is 11.5 Å². The number of carbonyl (C=O) groups is 6. The van der Waals surface area contributed by atoms with Crippen LogP contribution in [-0.2, 0) is 95.0 Å². The van der Waals surface area contributed by atoms with Gasteiger partial charge >= 0.3 is 59.1 Å². The molecule has 0 radical (unpaired) electrons. The molecule has 0 unspecified atom stereocenters. The van der Waals surface area contributed by atoms with E-state index in [1.807, 2.05) is 0 Å². The molecule has 4 amide bonds. The molecule has 8 fully saturated rings. The first-order valence-electron chi connectivity index (χ1n) is 46.6. The zero-order valence-corrected chi connectivity index (χ0v) is 83.8. The average molecular weight is 2100 g/mol. The molecule has 8 heterocycles. The SMILES string of the molecule is CC(=O)N[C@@H]1[C@@H]([C@H](O)[C@H](O)CO)O[C@](O[C@H]2[C@@H](O)[C@@H](O[C@@H]3[C@@H](O[C@H]4O[C@H](C)[C@H](O)[C@@H](O)[C@H]4O)[C@@H](NC(=O)c4ccc5ccccc5c4)[C@@H](OCCCOc4cccc(OCCCO[C@@H]5O[C@@H](CO)[C@@H](O[C@@H]6O[C@@H](CO)[C@H](O)[C@H](O[C@]7(C(=O)[O-])C[C@@H](O)[C@@H](NC(C)=O)[C@H]([C@H](O)[C@H](O)CO)O7)[C@@H]6O)[C@H](O[C@@H]6O[C@@H](C)[C@@H](O)[C@H](O)[C@@H]6O)[C@@H]5NC(=O)c5ccc6ccccc6c5)c4)O[C@@H]3CO)O[C@H](CO)[C@H]2O)(C(=O)[O-])C[C@@H]1O.[Na+].[Na+]. The van der Waals surface area contributed by atoms with Gasteiger partial charge in [-0.2, -0.15) is 0 Å². The summed E-state index contributed by atoms with van der Waals surface area (Å²) in [6.45, 7) is -3.41. The van der Waals surface area contributed by atoms with E-state index >= 15 is 0 Å². The van der Waals surface area contributed by atoms with Crippen molar-refractivity contribution in [1.29, 1.82) is 0 Å². The van der Waals surface area contributed by atoms with Gasteiger partial charge in [0.2, 0.25) is 23.4 Å². The molecule has 52 nitrogen and oxygen atoms in total. The van der Waals surface area contributed by atoms with Crippen molar-refractivity contribution < 1.29 is 296 Å². The van der Waals surface area contributed by atoms with Crippen molar-refractivity contribution in [1.82, 2.24) is 21.3 Å². The van der Waals surface area contributed by atoms with Crippen LogP contribution in [0.4, 0.5) is 0 Å². The summed E-state index contributed by atoms with van der Waals surface area (Å²) in [5.74, 6) is -14.5. The summed E-state index contributed by atoms with van der Waals surface area (Å²) >= 11 is 0. The molecule has 8 aliphatic heterocycles. The third-order valence-corrected chi connectivity index (χ3v) is 26.2. The van der Waals surface area contributed by atoms with Gasteiger partial charge < -0.3 is 239 Å². The van der Waals surface area contributed by atoms with Crippen LogP contribution in [0, 0.1) is 0 Å². The van der Waals surface area contributed by atoms with Gasteiger partial charge in [0, 0.05) is 56.7 Å². The Bertz CT molecular complexity index is 4760. The summed E-state index contributed by atoms with van der Waals surface area (Å²) < 4.78 is 111. The molecule has 5 aromatic carbocycles. The Kier molecular flexibility index (Phi) is 43.8. The molecule has 146 heavy (non-hydrogen) atoms. The standard InChI is InChI=1S/C92H126N4O48.2Na/c1-37-61(109)67(115)69(117)85(131-37)139-77-59(95-81(121)45-20-18-41-12-5-7-14-43(41)26-45)83(135-55(35-101)73(77)137-87-71(119)79(65(113)53(33-99)133-87)143-91(89(123)124)29-49(105)57(93-39(3)103)75(141-91)63(111)51(107)31-97)129-24-10-22-127-47-16-9-17-48(28-47)128-23-11-25-130-84-60(96-82(122)46-21-19-42-13-6-8-15-44(42)27-46)78(140-86-70(118)68(116)62(110)38(2)132-86)74(56(36-102)136-84)138-88-72(120)80(66(114)54(34-100)134-88)144-92(90(125)126)30-50(106)58(94-40(4)104)76(142-92)64(112)52(108)32-98;;/h5-9,12-21,26-28,37-38,49-80,83-88,97-102,105-120H,10-11,22-25,29-36H2,1-4H3,(H,93,103)(H,94,104)(H,95,121)(H,96,122)(H,123,124)(H,125,126);;/q;2*+1/p-2/t37-,38+,49+,50-,51-,52-,53-,54+,55-,56+,57+,58-,59-,60+,61+,62-,63-,64-,65-,66+,67-,68+,69-,70+,71-,72+,73+,74-,75+,76-,77+,78-,79-,80+,83+,84-,85-,86+,87-,88+,91-,92+;;/m1../s1. The van der Waals surface area contributed by atoms with Gasteiger partial charge in [0.1, 0.15) is 194 Å². The van der Waals surface area contributed by atoms with Crippen LogP contribution in [0.1, 0.15) is 74.1 Å². The largest absolute Gasteiger partial charge is 1.00 e. The molecule has 0 aliphatic carbocycles. The number of carboxylic acid groups (broad SMARTS) is 2. The molecule has 0 saturated carbocycles. The molecule has 802 valence electrons. The van der Waals surface area contributed by atoms with Crippen molar-refractivity contribution >= 4 is 57.1 Å². The van der Waals surface area contributed by atoms with Gasteiger partial charge in [0.05, 0.1) is 103 Å². The van der Waals surface area contributed by atoms with E-state index in [9.17, 15) is 151 Å². The van der Waals surface area contributed by atoms with Crippen molar-refractivity contribution in [2.45, 2.75) is 310 Å². The Morgan fingerprint density at radius 1 is 0.377 bits per heavy atom. The first kappa shape index (κ1) is 120. The normalized spacial score (nSPS) is 37.7. The fourth-order valence-electron chi connectivity index (χ4n) is 18.4. The van der Waals surface area contributed by atoms with Crippen LogP contribution in [-0.4, -0.2) is 471 Å². The van der Waals surface area contributed by atoms with Gasteiger partial charge in [-0.25, -0.2) is 0 Å². The number of amides is 4. The number of rotatable bonds is 42. The van der Waals surface area contributed by atoms with E-state index in [-0.39, 0.29) is 121 Å². The Hall–Kier alpha value is -6.48.